The molecule has 1 aromatic heterocycles. The summed E-state index contributed by atoms with van der Waals surface area (Å²) in [4.78, 5) is 13.1. The van der Waals surface area contributed by atoms with Crippen molar-refractivity contribution in [2.24, 2.45) is 5.92 Å². The quantitative estimate of drug-likeness (QED) is 0.367. The van der Waals surface area contributed by atoms with Crippen molar-refractivity contribution in [1.82, 2.24) is 20.6 Å². The summed E-state index contributed by atoms with van der Waals surface area (Å²) in [5, 5.41) is 18.4. The number of anilines is 1. The Labute approximate surface area is 207 Å². The Bertz CT molecular complexity index is 1370. The number of hydrogen-bond acceptors (Lipinski definition) is 6. The lowest BCUT2D eigenvalue weighted by molar-refractivity contribution is -0.117. The maximum absolute atomic E-state index is 13.1. The molecule has 8 nitrogen and oxygen atoms in total. The van der Waals surface area contributed by atoms with E-state index in [9.17, 15) is 4.79 Å². The van der Waals surface area contributed by atoms with Crippen molar-refractivity contribution >= 4 is 23.2 Å². The largest absolute Gasteiger partial charge is 0.493 e. The molecular formula is C26H24ClN5O3. The number of aromatic amines is 1. The van der Waals surface area contributed by atoms with Gasteiger partial charge in [-0.15, -0.1) is 10.2 Å². The molecule has 1 fully saturated rings. The van der Waals surface area contributed by atoms with E-state index in [1.54, 1.807) is 14.2 Å². The van der Waals surface area contributed by atoms with Crippen molar-refractivity contribution in [2.75, 3.05) is 19.5 Å². The van der Waals surface area contributed by atoms with Gasteiger partial charge in [-0.1, -0.05) is 29.8 Å². The predicted octanol–water partition coefficient (Wildman–Crippen LogP) is 5.25. The van der Waals surface area contributed by atoms with Crippen molar-refractivity contribution in [1.29, 1.82) is 0 Å². The van der Waals surface area contributed by atoms with E-state index >= 15 is 0 Å². The molecular weight excluding hydrogens is 466 g/mol. The molecule has 0 spiro atoms. The number of carbonyl (C=O) groups excluding carboxylic acids is 1. The fourth-order valence-corrected chi connectivity index (χ4v) is 4.46. The molecule has 5 rings (SSSR count). The van der Waals surface area contributed by atoms with Crippen LogP contribution in [0.15, 0.2) is 54.6 Å². The molecule has 178 valence electrons. The highest BCUT2D eigenvalue weighted by atomic mass is 35.5. The van der Waals surface area contributed by atoms with Crippen LogP contribution in [0.3, 0.4) is 0 Å². The number of aryl methyl sites for hydroxylation is 1. The average Bonchev–Trinajstić information content (AvgIpc) is 3.49. The maximum atomic E-state index is 13.1. The lowest BCUT2D eigenvalue weighted by Crippen LogP contribution is -2.15. The summed E-state index contributed by atoms with van der Waals surface area (Å²) in [5.41, 5.74) is 5.26. The van der Waals surface area contributed by atoms with E-state index in [4.69, 9.17) is 21.1 Å². The van der Waals surface area contributed by atoms with Crippen LogP contribution < -0.4 is 14.8 Å². The van der Waals surface area contributed by atoms with Gasteiger partial charge >= 0.3 is 0 Å². The lowest BCUT2D eigenvalue weighted by atomic mass is 9.95. The first-order valence-corrected chi connectivity index (χ1v) is 11.5. The van der Waals surface area contributed by atoms with Crippen LogP contribution in [0.1, 0.15) is 23.5 Å². The van der Waals surface area contributed by atoms with Crippen molar-refractivity contribution in [3.05, 3.63) is 70.7 Å². The zero-order valence-corrected chi connectivity index (χ0v) is 20.3. The number of nitrogens with one attached hydrogen (secondary N) is 2. The number of aromatic nitrogens is 4. The Balaban J connectivity index is 1.46. The van der Waals surface area contributed by atoms with Crippen LogP contribution in [0, 0.1) is 12.8 Å². The van der Waals surface area contributed by atoms with Crippen LogP contribution in [0.2, 0.25) is 5.02 Å². The van der Waals surface area contributed by atoms with Gasteiger partial charge in [0.1, 0.15) is 0 Å². The van der Waals surface area contributed by atoms with E-state index in [0.717, 1.165) is 34.2 Å². The second-order valence-corrected chi connectivity index (χ2v) is 8.94. The van der Waals surface area contributed by atoms with Crippen LogP contribution in [-0.2, 0) is 4.79 Å². The average molecular weight is 490 g/mol. The van der Waals surface area contributed by atoms with Gasteiger partial charge in [0, 0.05) is 22.2 Å². The summed E-state index contributed by atoms with van der Waals surface area (Å²) in [5.74, 6) is 1.80. The Kier molecular flexibility index (Phi) is 6.13. The summed E-state index contributed by atoms with van der Waals surface area (Å²) in [6.07, 6.45) is 0.813. The van der Waals surface area contributed by atoms with Gasteiger partial charge in [-0.25, -0.2) is 0 Å². The predicted molar refractivity (Wildman–Crippen MR) is 134 cm³/mol. The maximum Gasteiger partial charge on any atom is 0.228 e. The summed E-state index contributed by atoms with van der Waals surface area (Å²) >= 11 is 6.00. The minimum absolute atomic E-state index is 0.00835. The normalized spacial score (nSPS) is 16.6. The molecule has 1 amide bonds. The van der Waals surface area contributed by atoms with E-state index in [1.165, 1.54) is 0 Å². The van der Waals surface area contributed by atoms with Crippen LogP contribution in [0.25, 0.3) is 22.5 Å². The molecule has 4 aromatic rings. The highest BCUT2D eigenvalue weighted by Gasteiger charge is 2.44. The number of H-pyrrole nitrogens is 1. The summed E-state index contributed by atoms with van der Waals surface area (Å²) in [6.45, 7) is 1.96. The number of ether oxygens (including phenoxy) is 2. The first-order valence-electron chi connectivity index (χ1n) is 11.2. The number of nitrogens with zero attached hydrogens (tertiary/aromatic N) is 3. The summed E-state index contributed by atoms with van der Waals surface area (Å²) < 4.78 is 10.9. The van der Waals surface area contributed by atoms with Gasteiger partial charge in [0.2, 0.25) is 11.7 Å². The summed E-state index contributed by atoms with van der Waals surface area (Å²) in [7, 11) is 3.20. The Hall–Kier alpha value is -3.91. The third-order valence-corrected chi connectivity index (χ3v) is 6.58. The van der Waals surface area contributed by atoms with Crippen molar-refractivity contribution < 1.29 is 14.3 Å². The monoisotopic (exact) mass is 489 g/mol. The van der Waals surface area contributed by atoms with Crippen LogP contribution in [-0.4, -0.2) is 40.8 Å². The number of tetrazole rings is 1. The van der Waals surface area contributed by atoms with Gasteiger partial charge in [0.05, 0.1) is 14.2 Å². The molecule has 0 radical (unpaired) electrons. The third-order valence-electron chi connectivity index (χ3n) is 6.33. The fraction of sp³-hybridized carbons (Fsp3) is 0.231. The minimum Gasteiger partial charge on any atom is -0.493 e. The molecule has 2 atom stereocenters. The molecule has 9 heteroatoms. The molecule has 0 bridgehead atoms. The SMILES string of the molecule is COc1ccc(-c2cc(C)c(NC(=O)[C@@H]3C[C@H]3c3ccc(Cl)cc3)cc2-c2nn[nH]n2)cc1OC. The first-order chi connectivity index (χ1) is 17.0. The van der Waals surface area contributed by atoms with Crippen LogP contribution >= 0.6 is 11.6 Å². The van der Waals surface area contributed by atoms with Crippen LogP contribution in [0.4, 0.5) is 5.69 Å². The Morgan fingerprint density at radius 1 is 1.03 bits per heavy atom. The van der Waals surface area contributed by atoms with Gasteiger partial charge in [-0.05, 0) is 83.1 Å². The van der Waals surface area contributed by atoms with Gasteiger partial charge in [0.15, 0.2) is 11.5 Å². The first kappa shape index (κ1) is 22.9. The second-order valence-electron chi connectivity index (χ2n) is 8.51. The van der Waals surface area contributed by atoms with Crippen molar-refractivity contribution in [2.45, 2.75) is 19.3 Å². The molecule has 1 heterocycles. The molecule has 1 saturated carbocycles. The lowest BCUT2D eigenvalue weighted by Gasteiger charge is -2.16. The van der Waals surface area contributed by atoms with Gasteiger partial charge in [-0.2, -0.15) is 5.21 Å². The number of benzene rings is 3. The van der Waals surface area contributed by atoms with Gasteiger partial charge in [-0.3, -0.25) is 4.79 Å². The molecule has 1 aliphatic rings. The van der Waals surface area contributed by atoms with Gasteiger partial charge < -0.3 is 14.8 Å². The number of rotatable bonds is 7. The zero-order valence-electron chi connectivity index (χ0n) is 19.5. The van der Waals surface area contributed by atoms with E-state index in [1.807, 2.05) is 61.5 Å². The van der Waals surface area contributed by atoms with Crippen LogP contribution in [0.5, 0.6) is 11.5 Å². The topological polar surface area (TPSA) is 102 Å². The molecule has 0 saturated heterocycles. The van der Waals surface area contributed by atoms with E-state index in [0.29, 0.717) is 28.0 Å². The summed E-state index contributed by atoms with van der Waals surface area (Å²) in [6, 6.07) is 17.3. The molecule has 0 unspecified atom stereocenters. The number of hydrogen-bond donors (Lipinski definition) is 2. The number of carbonyl (C=O) groups is 1. The van der Waals surface area contributed by atoms with Crippen molar-refractivity contribution in [3.63, 3.8) is 0 Å². The number of amides is 1. The smallest absolute Gasteiger partial charge is 0.228 e. The van der Waals surface area contributed by atoms with Crippen molar-refractivity contribution in [3.8, 4) is 34.0 Å². The number of halogens is 1. The minimum atomic E-state index is -0.0743. The molecule has 3 aromatic carbocycles. The molecule has 1 aliphatic carbocycles. The van der Waals surface area contributed by atoms with E-state index in [2.05, 4.69) is 25.9 Å². The fourth-order valence-electron chi connectivity index (χ4n) is 4.33. The zero-order chi connectivity index (χ0) is 24.5. The van der Waals surface area contributed by atoms with E-state index < -0.39 is 0 Å². The standard InChI is InChI=1S/C26H24ClN5O3/c1-14-10-18(16-6-9-23(34-2)24(11-16)35-3)20(25-29-31-32-30-25)13-22(14)28-26(33)21-12-19(21)15-4-7-17(27)8-5-15/h4-11,13,19,21H,12H2,1-3H3,(H,28,33)(H,29,30,31,32)/t19-,21+/m0/s1. The van der Waals surface area contributed by atoms with E-state index in [-0.39, 0.29) is 17.7 Å². The molecule has 0 aliphatic heterocycles. The Morgan fingerprint density at radius 2 is 1.80 bits per heavy atom. The molecule has 2 N–H and O–H groups in total. The second kappa shape index (κ2) is 9.38. The number of methoxy groups -OCH3 is 2. The Morgan fingerprint density at radius 3 is 2.49 bits per heavy atom. The molecule has 35 heavy (non-hydrogen) atoms. The third kappa shape index (κ3) is 4.57. The highest BCUT2D eigenvalue weighted by Crippen LogP contribution is 2.48. The highest BCUT2D eigenvalue weighted by molar-refractivity contribution is 6.30. The van der Waals surface area contributed by atoms with Gasteiger partial charge in [0.25, 0.3) is 0 Å².